The fourth-order valence-corrected chi connectivity index (χ4v) is 5.01. The van der Waals surface area contributed by atoms with Gasteiger partial charge in [0.2, 0.25) is 10.0 Å². The number of aromatic nitrogens is 3. The van der Waals surface area contributed by atoms with E-state index in [0.717, 1.165) is 12.0 Å². The maximum absolute atomic E-state index is 11.5. The molecule has 1 aromatic carbocycles. The van der Waals surface area contributed by atoms with Gasteiger partial charge < -0.3 is 10.2 Å². The van der Waals surface area contributed by atoms with Gasteiger partial charge in [0.05, 0.1) is 16.8 Å². The minimum absolute atomic E-state index is 0.0266. The van der Waals surface area contributed by atoms with E-state index < -0.39 is 22.0 Å². The van der Waals surface area contributed by atoms with Crippen LogP contribution in [0.3, 0.4) is 0 Å². The first-order chi connectivity index (χ1) is 16.9. The molecule has 3 rings (SSSR count). The van der Waals surface area contributed by atoms with Gasteiger partial charge in [-0.15, -0.1) is 9.80 Å². The van der Waals surface area contributed by atoms with E-state index in [0.29, 0.717) is 31.7 Å². The highest BCUT2D eigenvalue weighted by atomic mass is 32.2. The molecule has 1 aliphatic heterocycles. The van der Waals surface area contributed by atoms with Crippen LogP contribution >= 0.6 is 0 Å². The van der Waals surface area contributed by atoms with E-state index in [9.17, 15) is 23.1 Å². The summed E-state index contributed by atoms with van der Waals surface area (Å²) in [7, 11) is -1.97. The monoisotopic (exact) mass is 522 g/mol. The third-order valence-electron chi connectivity index (χ3n) is 6.22. The Kier molecular flexibility index (Phi) is 8.87. The zero-order valence-corrected chi connectivity index (χ0v) is 21.1. The van der Waals surface area contributed by atoms with Gasteiger partial charge in [-0.2, -0.15) is 0 Å². The van der Waals surface area contributed by atoms with Gasteiger partial charge in [-0.1, -0.05) is 24.3 Å². The third kappa shape index (κ3) is 7.90. The smallest absolute Gasteiger partial charge is 0.325 e. The molecule has 1 aliphatic rings. The van der Waals surface area contributed by atoms with Crippen molar-refractivity contribution in [2.45, 2.75) is 56.3 Å². The van der Waals surface area contributed by atoms with Crippen LogP contribution in [0.2, 0.25) is 0 Å². The molecule has 0 saturated heterocycles. The Morgan fingerprint density at radius 1 is 1.22 bits per heavy atom. The summed E-state index contributed by atoms with van der Waals surface area (Å²) in [5, 5.41) is 36.0. The lowest BCUT2D eigenvalue weighted by Crippen LogP contribution is -2.42. The topological polar surface area (TPSA) is 184 Å². The lowest BCUT2D eigenvalue weighted by Gasteiger charge is -2.29. The molecule has 3 atom stereocenters. The van der Waals surface area contributed by atoms with Crippen LogP contribution in [0.5, 0.6) is 0 Å². The number of primary sulfonamides is 1. The van der Waals surface area contributed by atoms with Crippen molar-refractivity contribution in [3.8, 4) is 0 Å². The number of nitrogens with two attached hydrogens (primary N) is 1. The zero-order chi connectivity index (χ0) is 26.5. The number of benzene rings is 1. The minimum atomic E-state index is -3.76. The summed E-state index contributed by atoms with van der Waals surface area (Å²) in [5.41, 5.74) is 1.54. The number of azo groups is 2. The molecule has 0 aliphatic carbocycles. The van der Waals surface area contributed by atoms with E-state index in [1.165, 1.54) is 16.8 Å². The SMILES string of the molecule is CC1CC(CN(CCc2ccc(S(N)(=O)=O)cc2)Cc2cn(CC(=O)O)nn2)N=[N+](C)C1CC(=O)O. The fraction of sp³-hybridized carbons (Fsp3) is 0.545. The lowest BCUT2D eigenvalue weighted by atomic mass is 9.90. The quantitative estimate of drug-likeness (QED) is 0.332. The first-order valence-electron chi connectivity index (χ1n) is 11.5. The molecule has 0 radical (unpaired) electrons. The Morgan fingerprint density at radius 3 is 2.50 bits per heavy atom. The number of aliphatic carboxylic acids is 2. The summed E-state index contributed by atoms with van der Waals surface area (Å²) in [6, 6.07) is 6.16. The molecule has 0 bridgehead atoms. The van der Waals surface area contributed by atoms with Crippen molar-refractivity contribution in [2.75, 3.05) is 20.1 Å². The molecule has 2 aromatic rings. The molecule has 13 nitrogen and oxygen atoms in total. The second-order valence-corrected chi connectivity index (χ2v) is 10.8. The van der Waals surface area contributed by atoms with Gasteiger partial charge in [0.15, 0.2) is 13.1 Å². The number of carbonyl (C=O) groups is 2. The summed E-state index contributed by atoms with van der Waals surface area (Å²) in [6.07, 6.45) is 2.97. The van der Waals surface area contributed by atoms with E-state index >= 15 is 0 Å². The second-order valence-electron chi connectivity index (χ2n) is 9.20. The number of nitrogens with zero attached hydrogens (tertiary/aromatic N) is 6. The number of hydrogen-bond acceptors (Lipinski definition) is 8. The van der Waals surface area contributed by atoms with E-state index in [4.69, 9.17) is 15.4 Å². The van der Waals surface area contributed by atoms with Gasteiger partial charge in [-0.05, 0) is 35.7 Å². The molecule has 4 N–H and O–H groups in total. The van der Waals surface area contributed by atoms with E-state index in [1.807, 2.05) is 6.92 Å². The third-order valence-corrected chi connectivity index (χ3v) is 7.15. The first-order valence-corrected chi connectivity index (χ1v) is 13.1. The Morgan fingerprint density at radius 2 is 1.92 bits per heavy atom. The Hall–Kier alpha value is -3.23. The molecule has 1 aromatic heterocycles. The van der Waals surface area contributed by atoms with Crippen LogP contribution in [0.15, 0.2) is 40.5 Å². The van der Waals surface area contributed by atoms with Crippen LogP contribution in [0.1, 0.15) is 31.0 Å². The maximum Gasteiger partial charge on any atom is 0.325 e. The van der Waals surface area contributed by atoms with Crippen molar-refractivity contribution in [3.63, 3.8) is 0 Å². The summed E-state index contributed by atoms with van der Waals surface area (Å²) < 4.78 is 26.0. The molecule has 196 valence electrons. The molecule has 14 heteroatoms. The zero-order valence-electron chi connectivity index (χ0n) is 20.3. The molecule has 0 saturated carbocycles. The van der Waals surface area contributed by atoms with Gasteiger partial charge in [0, 0.05) is 25.6 Å². The Bertz CT molecular complexity index is 1210. The molecule has 2 heterocycles. The highest BCUT2D eigenvalue weighted by Gasteiger charge is 2.37. The fourth-order valence-electron chi connectivity index (χ4n) is 4.49. The predicted octanol–water partition coefficient (Wildman–Crippen LogP) is 0.401. The first kappa shape index (κ1) is 27.4. The standard InChI is InChI=1S/C22H31N7O6S/c1-15-9-17(25-27(2)20(15)10-21(30)31)11-28(12-18-13-29(26-24-18)14-22(32)33)8-7-16-3-5-19(6-4-16)36(23,34)35/h3-6,13,15,17,20H,7-12,14H2,1-2H3,(H3-,23,30,31,32,33,34,35)/p+1. The number of sulfonamides is 1. The highest BCUT2D eigenvalue weighted by molar-refractivity contribution is 7.89. The van der Waals surface area contributed by atoms with E-state index in [-0.39, 0.29) is 35.9 Å². The van der Waals surface area contributed by atoms with Gasteiger partial charge >= 0.3 is 11.9 Å². The maximum atomic E-state index is 11.5. The van der Waals surface area contributed by atoms with Gasteiger partial charge in [-0.25, -0.2) is 18.2 Å². The van der Waals surface area contributed by atoms with Crippen molar-refractivity contribution < 1.29 is 32.9 Å². The summed E-state index contributed by atoms with van der Waals surface area (Å²) in [5.74, 6) is -1.73. The van der Waals surface area contributed by atoms with Gasteiger partial charge in [-0.3, -0.25) is 14.5 Å². The molecule has 0 fully saturated rings. The lowest BCUT2D eigenvalue weighted by molar-refractivity contribution is -0.620. The molecule has 3 unspecified atom stereocenters. The van der Waals surface area contributed by atoms with Crippen LogP contribution in [0, 0.1) is 5.92 Å². The van der Waals surface area contributed by atoms with Gasteiger partial charge in [0.25, 0.3) is 0 Å². The van der Waals surface area contributed by atoms with Crippen LogP contribution in [0.25, 0.3) is 0 Å². The van der Waals surface area contributed by atoms with Crippen molar-refractivity contribution >= 4 is 22.0 Å². The summed E-state index contributed by atoms with van der Waals surface area (Å²) in [4.78, 5) is 24.4. The highest BCUT2D eigenvalue weighted by Crippen LogP contribution is 2.24. The van der Waals surface area contributed by atoms with Crippen molar-refractivity contribution in [1.82, 2.24) is 19.9 Å². The number of rotatable bonds is 12. The minimum Gasteiger partial charge on any atom is -0.481 e. The number of carboxylic acids is 2. The predicted molar refractivity (Wildman–Crippen MR) is 127 cm³/mol. The normalized spacial score (nSPS) is 20.3. The van der Waals surface area contributed by atoms with Crippen LogP contribution in [-0.4, -0.2) is 87.4 Å². The molecule has 0 spiro atoms. The van der Waals surface area contributed by atoms with Gasteiger partial charge in [0.1, 0.15) is 19.0 Å². The Balaban J connectivity index is 1.73. The number of hydrogen-bond donors (Lipinski definition) is 3. The van der Waals surface area contributed by atoms with Crippen molar-refractivity contribution in [2.24, 2.45) is 16.2 Å². The van der Waals surface area contributed by atoms with Crippen LogP contribution < -0.4 is 5.14 Å². The average molecular weight is 523 g/mol. The second kappa shape index (κ2) is 11.7. The number of carboxylic acid groups (broad SMARTS) is 2. The molecule has 36 heavy (non-hydrogen) atoms. The largest absolute Gasteiger partial charge is 0.481 e. The van der Waals surface area contributed by atoms with E-state index in [2.05, 4.69) is 15.2 Å². The van der Waals surface area contributed by atoms with Crippen LogP contribution in [0.4, 0.5) is 0 Å². The Labute approximate surface area is 209 Å². The molecular weight excluding hydrogens is 490 g/mol. The average Bonchev–Trinajstić information content (AvgIpc) is 3.20. The van der Waals surface area contributed by atoms with E-state index in [1.54, 1.807) is 30.1 Å². The molecular formula is C22H32N7O6S+. The summed E-state index contributed by atoms with van der Waals surface area (Å²) in [6.45, 7) is 3.34. The van der Waals surface area contributed by atoms with Crippen molar-refractivity contribution in [3.05, 3.63) is 41.7 Å². The van der Waals surface area contributed by atoms with Crippen molar-refractivity contribution in [1.29, 1.82) is 0 Å². The van der Waals surface area contributed by atoms with Crippen LogP contribution in [-0.2, 0) is 39.1 Å². The molecule has 0 amide bonds. The summed E-state index contributed by atoms with van der Waals surface area (Å²) >= 11 is 0.